The molecule has 21 heavy (non-hydrogen) atoms. The van der Waals surface area contributed by atoms with E-state index in [1.165, 1.54) is 37.7 Å². The summed E-state index contributed by atoms with van der Waals surface area (Å²) in [7, 11) is 0. The van der Waals surface area contributed by atoms with Gasteiger partial charge in [0.1, 0.15) is 0 Å². The Morgan fingerprint density at radius 1 is 1.19 bits per heavy atom. The molecular formula is C17H30N2O2. The van der Waals surface area contributed by atoms with E-state index in [0.717, 1.165) is 38.6 Å². The predicted molar refractivity (Wildman–Crippen MR) is 85.2 cm³/mol. The normalized spacial score (nSPS) is 26.6. The lowest BCUT2D eigenvalue weighted by Gasteiger charge is -2.28. The summed E-state index contributed by atoms with van der Waals surface area (Å²) in [6.45, 7) is 1.03. The highest BCUT2D eigenvalue weighted by molar-refractivity contribution is 5.74. The van der Waals surface area contributed by atoms with Crippen LogP contribution in [0.5, 0.6) is 0 Å². The van der Waals surface area contributed by atoms with E-state index >= 15 is 0 Å². The van der Waals surface area contributed by atoms with Crippen molar-refractivity contribution in [3.63, 3.8) is 0 Å². The molecule has 0 atom stereocenters. The molecule has 4 heteroatoms. The molecule has 2 amide bonds. The van der Waals surface area contributed by atoms with E-state index in [1.807, 2.05) is 0 Å². The van der Waals surface area contributed by atoms with Gasteiger partial charge in [0.2, 0.25) is 0 Å². The first-order valence-electron chi connectivity index (χ1n) is 8.61. The van der Waals surface area contributed by atoms with Crippen LogP contribution in [0.3, 0.4) is 0 Å². The van der Waals surface area contributed by atoms with E-state index in [-0.39, 0.29) is 18.7 Å². The molecule has 0 aromatic rings. The monoisotopic (exact) mass is 294 g/mol. The molecule has 0 unspecified atom stereocenters. The van der Waals surface area contributed by atoms with Crippen LogP contribution in [0.2, 0.25) is 0 Å². The van der Waals surface area contributed by atoms with Gasteiger partial charge in [0.15, 0.2) is 0 Å². The van der Waals surface area contributed by atoms with Crippen molar-refractivity contribution in [2.75, 3.05) is 13.2 Å². The molecule has 0 aromatic carbocycles. The second-order valence-corrected chi connectivity index (χ2v) is 6.51. The van der Waals surface area contributed by atoms with Crippen LogP contribution in [-0.2, 0) is 0 Å². The zero-order valence-electron chi connectivity index (χ0n) is 13.1. The fourth-order valence-electron chi connectivity index (χ4n) is 3.37. The summed E-state index contributed by atoms with van der Waals surface area (Å²) in [4.78, 5) is 11.9. The molecule has 0 saturated heterocycles. The molecule has 3 N–H and O–H groups in total. The van der Waals surface area contributed by atoms with Crippen molar-refractivity contribution < 1.29 is 9.90 Å². The van der Waals surface area contributed by atoms with Crippen LogP contribution in [0.25, 0.3) is 0 Å². The standard InChI is InChI=1S/C17H30N2O2/c20-13-15-7-9-16(10-8-15)19-17(21)18-12-11-14-5-3-1-2-4-6-14/h5,15-16,20H,1-4,6-13H2,(H2,18,19,21). The van der Waals surface area contributed by atoms with Crippen molar-refractivity contribution in [3.05, 3.63) is 11.6 Å². The fourth-order valence-corrected chi connectivity index (χ4v) is 3.37. The molecule has 1 saturated carbocycles. The van der Waals surface area contributed by atoms with Gasteiger partial charge in [-0.2, -0.15) is 0 Å². The van der Waals surface area contributed by atoms with Gasteiger partial charge in [-0.25, -0.2) is 4.79 Å². The Balaban J connectivity index is 1.58. The highest BCUT2D eigenvalue weighted by atomic mass is 16.3. The molecule has 0 aliphatic heterocycles. The number of rotatable bonds is 5. The minimum atomic E-state index is -0.0309. The van der Waals surface area contributed by atoms with Crippen molar-refractivity contribution in [2.24, 2.45) is 5.92 Å². The van der Waals surface area contributed by atoms with E-state index in [0.29, 0.717) is 5.92 Å². The fraction of sp³-hybridized carbons (Fsp3) is 0.824. The van der Waals surface area contributed by atoms with Gasteiger partial charge in [-0.1, -0.05) is 18.1 Å². The summed E-state index contributed by atoms with van der Waals surface area (Å²) < 4.78 is 0. The van der Waals surface area contributed by atoms with Crippen LogP contribution in [-0.4, -0.2) is 30.3 Å². The quantitative estimate of drug-likeness (QED) is 0.682. The summed E-state index contributed by atoms with van der Waals surface area (Å²) in [5.41, 5.74) is 1.51. The van der Waals surface area contributed by atoms with Crippen LogP contribution in [0, 0.1) is 5.92 Å². The molecule has 0 radical (unpaired) electrons. The molecule has 0 bridgehead atoms. The minimum Gasteiger partial charge on any atom is -0.396 e. The van der Waals surface area contributed by atoms with E-state index < -0.39 is 0 Å². The van der Waals surface area contributed by atoms with Gasteiger partial charge in [-0.05, 0) is 63.7 Å². The Bertz CT molecular complexity index is 347. The summed E-state index contributed by atoms with van der Waals surface area (Å²) in [6.07, 6.45) is 13.7. The Morgan fingerprint density at radius 3 is 2.76 bits per heavy atom. The SMILES string of the molecule is O=C(NCCC1=CCCCCC1)NC1CCC(CO)CC1. The lowest BCUT2D eigenvalue weighted by Crippen LogP contribution is -2.44. The Kier molecular flexibility index (Phi) is 7.07. The van der Waals surface area contributed by atoms with Crippen molar-refractivity contribution >= 4 is 6.03 Å². The van der Waals surface area contributed by atoms with Crippen molar-refractivity contribution in [3.8, 4) is 0 Å². The number of nitrogens with one attached hydrogen (secondary N) is 2. The van der Waals surface area contributed by atoms with Crippen LogP contribution in [0.15, 0.2) is 11.6 Å². The number of carbonyl (C=O) groups excluding carboxylic acids is 1. The topological polar surface area (TPSA) is 61.4 Å². The minimum absolute atomic E-state index is 0.0309. The molecule has 2 aliphatic carbocycles. The van der Waals surface area contributed by atoms with Gasteiger partial charge >= 0.3 is 6.03 Å². The first-order valence-corrected chi connectivity index (χ1v) is 8.61. The third kappa shape index (κ3) is 6.08. The number of carbonyl (C=O) groups is 1. The summed E-state index contributed by atoms with van der Waals surface area (Å²) in [6, 6.07) is 0.251. The van der Waals surface area contributed by atoms with Crippen molar-refractivity contribution in [1.82, 2.24) is 10.6 Å². The summed E-state index contributed by atoms with van der Waals surface area (Å²) >= 11 is 0. The summed E-state index contributed by atoms with van der Waals surface area (Å²) in [5.74, 6) is 0.438. The second-order valence-electron chi connectivity index (χ2n) is 6.51. The maximum atomic E-state index is 11.9. The molecule has 0 aromatic heterocycles. The average Bonchev–Trinajstić information content (AvgIpc) is 2.77. The number of hydrogen-bond donors (Lipinski definition) is 3. The van der Waals surface area contributed by atoms with Crippen LogP contribution in [0.4, 0.5) is 4.79 Å². The Morgan fingerprint density at radius 2 is 2.00 bits per heavy atom. The first-order chi connectivity index (χ1) is 10.3. The summed E-state index contributed by atoms with van der Waals surface area (Å²) in [5, 5.41) is 15.2. The number of allylic oxidation sites excluding steroid dienone is 1. The zero-order valence-corrected chi connectivity index (χ0v) is 13.1. The van der Waals surface area contributed by atoms with E-state index in [4.69, 9.17) is 5.11 Å². The molecule has 120 valence electrons. The Hall–Kier alpha value is -1.03. The highest BCUT2D eigenvalue weighted by Gasteiger charge is 2.21. The number of urea groups is 1. The number of aliphatic hydroxyl groups is 1. The number of amides is 2. The van der Waals surface area contributed by atoms with E-state index in [1.54, 1.807) is 0 Å². The Labute approximate surface area is 128 Å². The molecular weight excluding hydrogens is 264 g/mol. The predicted octanol–water partition coefficient (Wildman–Crippen LogP) is 3.12. The molecule has 2 aliphatic rings. The molecule has 0 heterocycles. The molecule has 0 spiro atoms. The van der Waals surface area contributed by atoms with Crippen LogP contribution >= 0.6 is 0 Å². The molecule has 4 nitrogen and oxygen atoms in total. The van der Waals surface area contributed by atoms with E-state index in [9.17, 15) is 4.79 Å². The van der Waals surface area contributed by atoms with Crippen LogP contribution in [0.1, 0.15) is 64.2 Å². The van der Waals surface area contributed by atoms with E-state index in [2.05, 4.69) is 16.7 Å². The number of hydrogen-bond acceptors (Lipinski definition) is 2. The smallest absolute Gasteiger partial charge is 0.315 e. The second kappa shape index (κ2) is 9.08. The highest BCUT2D eigenvalue weighted by Crippen LogP contribution is 2.23. The van der Waals surface area contributed by atoms with Gasteiger partial charge in [-0.15, -0.1) is 0 Å². The van der Waals surface area contributed by atoms with Crippen molar-refractivity contribution in [1.29, 1.82) is 0 Å². The van der Waals surface area contributed by atoms with Gasteiger partial charge in [0.25, 0.3) is 0 Å². The number of aliphatic hydroxyl groups excluding tert-OH is 1. The van der Waals surface area contributed by atoms with Gasteiger partial charge in [0.05, 0.1) is 0 Å². The first kappa shape index (κ1) is 16.3. The third-order valence-corrected chi connectivity index (χ3v) is 4.81. The molecule has 1 fully saturated rings. The van der Waals surface area contributed by atoms with Crippen molar-refractivity contribution in [2.45, 2.75) is 70.3 Å². The lowest BCUT2D eigenvalue weighted by atomic mass is 9.87. The van der Waals surface area contributed by atoms with Gasteiger partial charge < -0.3 is 15.7 Å². The largest absolute Gasteiger partial charge is 0.396 e. The average molecular weight is 294 g/mol. The van der Waals surface area contributed by atoms with Crippen LogP contribution < -0.4 is 10.6 Å². The van der Waals surface area contributed by atoms with Gasteiger partial charge in [-0.3, -0.25) is 0 Å². The maximum absolute atomic E-state index is 11.9. The zero-order chi connectivity index (χ0) is 14.9. The third-order valence-electron chi connectivity index (χ3n) is 4.81. The maximum Gasteiger partial charge on any atom is 0.315 e. The van der Waals surface area contributed by atoms with Gasteiger partial charge in [0, 0.05) is 19.2 Å². The molecule has 2 rings (SSSR count). The lowest BCUT2D eigenvalue weighted by molar-refractivity contribution is 0.174.